The van der Waals surface area contributed by atoms with Gasteiger partial charge < -0.3 is 5.32 Å². The molecule has 1 atom stereocenters. The molecule has 0 aliphatic heterocycles. The summed E-state index contributed by atoms with van der Waals surface area (Å²) in [7, 11) is 2.04. The lowest BCUT2D eigenvalue weighted by atomic mass is 9.97. The molecule has 0 aromatic heterocycles. The van der Waals surface area contributed by atoms with E-state index in [9.17, 15) is 0 Å². The van der Waals surface area contributed by atoms with E-state index in [-0.39, 0.29) is 0 Å². The van der Waals surface area contributed by atoms with Crippen molar-refractivity contribution in [2.45, 2.75) is 32.2 Å². The molecule has 1 aliphatic rings. The maximum absolute atomic E-state index is 3.67. The van der Waals surface area contributed by atoms with Crippen LogP contribution in [0.2, 0.25) is 0 Å². The molecule has 0 saturated carbocycles. The minimum atomic E-state index is 0.373. The van der Waals surface area contributed by atoms with Crippen molar-refractivity contribution in [1.29, 1.82) is 0 Å². The maximum atomic E-state index is 3.67. The Morgan fingerprint density at radius 2 is 2.19 bits per heavy atom. The van der Waals surface area contributed by atoms with Crippen molar-refractivity contribution < 1.29 is 0 Å². The maximum Gasteiger partial charge on any atom is 0.0544 e. The van der Waals surface area contributed by atoms with Gasteiger partial charge in [-0.2, -0.15) is 0 Å². The molecule has 1 N–H and O–H groups in total. The summed E-state index contributed by atoms with van der Waals surface area (Å²) in [6, 6.07) is 6.96. The molecule has 16 heavy (non-hydrogen) atoms. The van der Waals surface area contributed by atoms with Crippen molar-refractivity contribution in [1.82, 2.24) is 5.32 Å². The highest BCUT2D eigenvalue weighted by molar-refractivity contribution is 9.10. The molecule has 1 nitrogen and oxygen atoms in total. The van der Waals surface area contributed by atoms with Crippen LogP contribution < -0.4 is 5.32 Å². The van der Waals surface area contributed by atoms with Gasteiger partial charge in [0.25, 0.3) is 0 Å². The van der Waals surface area contributed by atoms with Gasteiger partial charge in [0, 0.05) is 4.47 Å². The van der Waals surface area contributed by atoms with E-state index in [4.69, 9.17) is 0 Å². The number of rotatable bonds is 3. The van der Waals surface area contributed by atoms with Crippen LogP contribution in [0, 0.1) is 6.92 Å². The number of hydrogen-bond donors (Lipinski definition) is 1. The summed E-state index contributed by atoms with van der Waals surface area (Å²) < 4.78 is 1.21. The first-order valence-electron chi connectivity index (χ1n) is 5.84. The minimum Gasteiger partial charge on any atom is -0.310 e. The average molecular weight is 280 g/mol. The predicted molar refractivity (Wildman–Crippen MR) is 72.6 cm³/mol. The molecule has 2 rings (SSSR count). The van der Waals surface area contributed by atoms with Crippen molar-refractivity contribution in [3.8, 4) is 0 Å². The van der Waals surface area contributed by atoms with E-state index in [1.54, 1.807) is 0 Å². The summed E-state index contributed by atoms with van der Waals surface area (Å²) in [5.41, 5.74) is 4.18. The third-order valence-electron chi connectivity index (χ3n) is 3.20. The zero-order chi connectivity index (χ0) is 11.5. The number of allylic oxidation sites excluding steroid dienone is 1. The number of likely N-dealkylation sites (N-methyl/N-ethyl adjacent to an activating group) is 1. The van der Waals surface area contributed by atoms with Gasteiger partial charge in [-0.25, -0.2) is 0 Å². The monoisotopic (exact) mass is 279 g/mol. The van der Waals surface area contributed by atoms with Gasteiger partial charge in [0.15, 0.2) is 0 Å². The second-order valence-corrected chi connectivity index (χ2v) is 5.27. The molecular weight excluding hydrogens is 262 g/mol. The second kappa shape index (κ2) is 5.15. The van der Waals surface area contributed by atoms with Crippen LogP contribution in [0.1, 0.15) is 36.4 Å². The lowest BCUT2D eigenvalue weighted by Gasteiger charge is -2.20. The van der Waals surface area contributed by atoms with Crippen molar-refractivity contribution in [2.75, 3.05) is 7.05 Å². The number of aryl methyl sites for hydroxylation is 1. The molecule has 0 spiro atoms. The first-order chi connectivity index (χ1) is 7.72. The Kier molecular flexibility index (Phi) is 3.82. The molecule has 0 amide bonds. The van der Waals surface area contributed by atoms with Crippen LogP contribution >= 0.6 is 15.9 Å². The van der Waals surface area contributed by atoms with Gasteiger partial charge in [-0.15, -0.1) is 0 Å². The summed E-state index contributed by atoms with van der Waals surface area (Å²) in [5.74, 6) is 0. The van der Waals surface area contributed by atoms with Crippen LogP contribution in [0.5, 0.6) is 0 Å². The topological polar surface area (TPSA) is 12.0 Å². The molecule has 0 saturated heterocycles. The van der Waals surface area contributed by atoms with Crippen molar-refractivity contribution in [2.24, 2.45) is 0 Å². The van der Waals surface area contributed by atoms with Crippen LogP contribution in [0.15, 0.2) is 34.3 Å². The SMILES string of the molecule is CNC(C1=CCCC1)c1ccc(C)cc1Br. The van der Waals surface area contributed by atoms with E-state index in [1.165, 1.54) is 40.4 Å². The van der Waals surface area contributed by atoms with E-state index in [2.05, 4.69) is 52.4 Å². The molecular formula is C14H18BrN. The van der Waals surface area contributed by atoms with Crippen molar-refractivity contribution in [3.05, 3.63) is 45.4 Å². The first kappa shape index (κ1) is 11.9. The van der Waals surface area contributed by atoms with E-state index in [0.29, 0.717) is 6.04 Å². The molecule has 1 unspecified atom stereocenters. The van der Waals surface area contributed by atoms with E-state index in [0.717, 1.165) is 0 Å². The van der Waals surface area contributed by atoms with Crippen LogP contribution in [0.4, 0.5) is 0 Å². The van der Waals surface area contributed by atoms with E-state index in [1.807, 2.05) is 7.05 Å². The second-order valence-electron chi connectivity index (χ2n) is 4.42. The molecule has 1 aliphatic carbocycles. The van der Waals surface area contributed by atoms with Gasteiger partial charge in [-0.05, 0) is 50.4 Å². The normalized spacial score (nSPS) is 17.3. The van der Waals surface area contributed by atoms with E-state index < -0.39 is 0 Å². The highest BCUT2D eigenvalue weighted by Gasteiger charge is 2.19. The summed E-state index contributed by atoms with van der Waals surface area (Å²) >= 11 is 3.67. The van der Waals surface area contributed by atoms with Gasteiger partial charge >= 0.3 is 0 Å². The van der Waals surface area contributed by atoms with Gasteiger partial charge in [-0.3, -0.25) is 0 Å². The third kappa shape index (κ3) is 2.38. The van der Waals surface area contributed by atoms with Crippen molar-refractivity contribution in [3.63, 3.8) is 0 Å². The minimum absolute atomic E-state index is 0.373. The van der Waals surface area contributed by atoms with Gasteiger partial charge in [0.05, 0.1) is 6.04 Å². The van der Waals surface area contributed by atoms with Gasteiger partial charge in [-0.1, -0.05) is 39.7 Å². The third-order valence-corrected chi connectivity index (χ3v) is 3.89. The lowest BCUT2D eigenvalue weighted by Crippen LogP contribution is -2.18. The lowest BCUT2D eigenvalue weighted by molar-refractivity contribution is 0.653. The molecule has 0 heterocycles. The Labute approximate surface area is 106 Å². The Morgan fingerprint density at radius 3 is 2.75 bits per heavy atom. The molecule has 1 aromatic rings. The van der Waals surface area contributed by atoms with Crippen LogP contribution in [-0.2, 0) is 0 Å². The number of benzene rings is 1. The molecule has 2 heteroatoms. The summed E-state index contributed by atoms with van der Waals surface area (Å²) in [5, 5.41) is 3.42. The highest BCUT2D eigenvalue weighted by atomic mass is 79.9. The Bertz CT molecular complexity index is 409. The van der Waals surface area contributed by atoms with E-state index >= 15 is 0 Å². The standard InChI is InChI=1S/C14H18BrN/c1-10-7-8-12(13(15)9-10)14(16-2)11-5-3-4-6-11/h5,7-9,14,16H,3-4,6H2,1-2H3. The quantitative estimate of drug-likeness (QED) is 0.821. The first-order valence-corrected chi connectivity index (χ1v) is 6.64. The fraction of sp³-hybridized carbons (Fsp3) is 0.429. The number of hydrogen-bond acceptors (Lipinski definition) is 1. The zero-order valence-electron chi connectivity index (χ0n) is 9.89. The summed E-state index contributed by atoms with van der Waals surface area (Å²) in [6.07, 6.45) is 6.15. The fourth-order valence-corrected chi connectivity index (χ4v) is 3.09. The number of halogens is 1. The molecule has 1 aromatic carbocycles. The summed E-state index contributed by atoms with van der Waals surface area (Å²) in [4.78, 5) is 0. The Morgan fingerprint density at radius 1 is 1.38 bits per heavy atom. The smallest absolute Gasteiger partial charge is 0.0544 e. The van der Waals surface area contributed by atoms with Crippen LogP contribution in [0.25, 0.3) is 0 Å². The molecule has 0 bridgehead atoms. The van der Waals surface area contributed by atoms with Gasteiger partial charge in [0.2, 0.25) is 0 Å². The fourth-order valence-electron chi connectivity index (χ4n) is 2.36. The largest absolute Gasteiger partial charge is 0.310 e. The average Bonchev–Trinajstić information content (AvgIpc) is 2.75. The van der Waals surface area contributed by atoms with Crippen LogP contribution in [0.3, 0.4) is 0 Å². The summed E-state index contributed by atoms with van der Waals surface area (Å²) in [6.45, 7) is 2.12. The highest BCUT2D eigenvalue weighted by Crippen LogP contribution is 2.34. The van der Waals surface area contributed by atoms with Crippen LogP contribution in [-0.4, -0.2) is 7.05 Å². The molecule has 86 valence electrons. The number of nitrogens with one attached hydrogen (secondary N) is 1. The predicted octanol–water partition coefficient (Wildman–Crippen LogP) is 4.13. The molecule has 0 radical (unpaired) electrons. The molecule has 0 fully saturated rings. The Balaban J connectivity index is 2.32. The zero-order valence-corrected chi connectivity index (χ0v) is 11.5. The van der Waals surface area contributed by atoms with Gasteiger partial charge in [0.1, 0.15) is 0 Å². The Hall–Kier alpha value is -0.600. The van der Waals surface area contributed by atoms with Crippen molar-refractivity contribution >= 4 is 15.9 Å².